The van der Waals surface area contributed by atoms with Crippen LogP contribution in [-0.4, -0.2) is 77.8 Å². The van der Waals surface area contributed by atoms with E-state index in [1.807, 2.05) is 24.5 Å². The van der Waals surface area contributed by atoms with Crippen molar-refractivity contribution in [2.75, 3.05) is 62.4 Å². The van der Waals surface area contributed by atoms with Crippen molar-refractivity contribution in [1.29, 1.82) is 0 Å². The summed E-state index contributed by atoms with van der Waals surface area (Å²) in [6.07, 6.45) is 4.18. The number of ether oxygens (including phenoxy) is 1. The molecule has 2 aliphatic rings. The van der Waals surface area contributed by atoms with Crippen molar-refractivity contribution in [2.45, 2.75) is 43.8 Å². The molecular weight excluding hydrogens is 424 g/mol. The number of nitrogens with one attached hydrogen (secondary N) is 1. The maximum atomic E-state index is 13.0. The fourth-order valence-corrected chi connectivity index (χ4v) is 5.28. The Morgan fingerprint density at radius 2 is 2.00 bits per heavy atom. The number of aromatic nitrogens is 3. The molecular formula is C23H34N6O2S. The van der Waals surface area contributed by atoms with Gasteiger partial charge >= 0.3 is 0 Å². The Morgan fingerprint density at radius 1 is 1.22 bits per heavy atom. The smallest absolute Gasteiger partial charge is 0.238 e. The van der Waals surface area contributed by atoms with Crippen LogP contribution in [0.25, 0.3) is 0 Å². The molecule has 174 valence electrons. The number of amides is 1. The van der Waals surface area contributed by atoms with E-state index in [0.29, 0.717) is 18.5 Å². The number of hydrogen-bond acceptors (Lipinski definition) is 7. The third-order valence-electron chi connectivity index (χ3n) is 6.16. The monoisotopic (exact) mass is 458 g/mol. The Labute approximate surface area is 194 Å². The van der Waals surface area contributed by atoms with Crippen molar-refractivity contribution in [3.05, 3.63) is 30.1 Å². The molecule has 8 nitrogen and oxygen atoms in total. The number of rotatable bonds is 7. The van der Waals surface area contributed by atoms with Crippen LogP contribution in [0, 0.1) is 0 Å². The molecule has 0 bridgehead atoms. The number of para-hydroxylation sites is 2. The number of carbonyl (C=O) groups is 1. The fraction of sp³-hybridized carbons (Fsp3) is 0.609. The third-order valence-corrected chi connectivity index (χ3v) is 6.80. The highest BCUT2D eigenvalue weighted by molar-refractivity contribution is 7.98. The molecule has 1 amide bonds. The van der Waals surface area contributed by atoms with Crippen LogP contribution < -0.4 is 10.2 Å². The van der Waals surface area contributed by atoms with Gasteiger partial charge in [-0.1, -0.05) is 23.9 Å². The first kappa shape index (κ1) is 23.1. The molecule has 0 aliphatic carbocycles. The lowest BCUT2D eigenvalue weighted by atomic mass is 9.97. The van der Waals surface area contributed by atoms with E-state index < -0.39 is 0 Å². The SMILES string of the molecule is CSc1nnc([C@H]2CCCN(CC(=O)Nc3ccccc3N3CCOCC3)C2)n1C(C)C. The molecule has 1 aromatic carbocycles. The normalized spacial score (nSPS) is 20.0. The highest BCUT2D eigenvalue weighted by Gasteiger charge is 2.28. The van der Waals surface area contributed by atoms with Gasteiger partial charge in [-0.05, 0) is 51.6 Å². The highest BCUT2D eigenvalue weighted by Crippen LogP contribution is 2.31. The number of hydrogen-bond donors (Lipinski definition) is 1. The summed E-state index contributed by atoms with van der Waals surface area (Å²) in [6.45, 7) is 9.62. The topological polar surface area (TPSA) is 75.5 Å². The van der Waals surface area contributed by atoms with Crippen molar-refractivity contribution >= 4 is 29.0 Å². The molecule has 9 heteroatoms. The second kappa shape index (κ2) is 10.7. The van der Waals surface area contributed by atoms with E-state index in [1.54, 1.807) is 11.8 Å². The lowest BCUT2D eigenvalue weighted by Crippen LogP contribution is -2.41. The van der Waals surface area contributed by atoms with Gasteiger partial charge in [0.25, 0.3) is 0 Å². The summed E-state index contributed by atoms with van der Waals surface area (Å²) in [5.74, 6) is 1.38. The van der Waals surface area contributed by atoms with Crippen molar-refractivity contribution in [3.63, 3.8) is 0 Å². The Balaban J connectivity index is 1.40. The lowest BCUT2D eigenvalue weighted by molar-refractivity contribution is -0.117. The predicted octanol–water partition coefficient (Wildman–Crippen LogP) is 3.24. The molecule has 0 spiro atoms. The number of benzene rings is 1. The second-order valence-corrected chi connectivity index (χ2v) is 9.52. The summed E-state index contributed by atoms with van der Waals surface area (Å²) in [5.41, 5.74) is 1.94. The third kappa shape index (κ3) is 5.27. The minimum Gasteiger partial charge on any atom is -0.378 e. The Bertz CT molecular complexity index is 912. The lowest BCUT2D eigenvalue weighted by Gasteiger charge is -2.33. The molecule has 2 saturated heterocycles. The zero-order valence-electron chi connectivity index (χ0n) is 19.3. The zero-order valence-corrected chi connectivity index (χ0v) is 20.1. The maximum absolute atomic E-state index is 13.0. The number of piperidine rings is 1. The van der Waals surface area contributed by atoms with Crippen molar-refractivity contribution in [1.82, 2.24) is 19.7 Å². The largest absolute Gasteiger partial charge is 0.378 e. The minimum atomic E-state index is 0.0292. The number of thioether (sulfide) groups is 1. The first-order chi connectivity index (χ1) is 15.6. The van der Waals surface area contributed by atoms with Crippen LogP contribution in [0.15, 0.2) is 29.4 Å². The van der Waals surface area contributed by atoms with Gasteiger partial charge in [-0.3, -0.25) is 9.69 Å². The van der Waals surface area contributed by atoms with Crippen molar-refractivity contribution in [3.8, 4) is 0 Å². The molecule has 0 unspecified atom stereocenters. The molecule has 0 radical (unpaired) electrons. The van der Waals surface area contributed by atoms with Gasteiger partial charge in [0.2, 0.25) is 5.91 Å². The van der Waals surface area contributed by atoms with Crippen LogP contribution in [0.1, 0.15) is 44.5 Å². The van der Waals surface area contributed by atoms with Gasteiger partial charge < -0.3 is 19.5 Å². The van der Waals surface area contributed by atoms with Crippen LogP contribution in [-0.2, 0) is 9.53 Å². The Morgan fingerprint density at radius 3 is 2.75 bits per heavy atom. The first-order valence-electron chi connectivity index (χ1n) is 11.5. The average Bonchev–Trinajstić information content (AvgIpc) is 3.25. The van der Waals surface area contributed by atoms with Gasteiger partial charge in [0.1, 0.15) is 5.82 Å². The predicted molar refractivity (Wildman–Crippen MR) is 129 cm³/mol. The van der Waals surface area contributed by atoms with E-state index in [2.05, 4.69) is 49.8 Å². The number of carbonyl (C=O) groups excluding carboxylic acids is 1. The molecule has 4 rings (SSSR count). The van der Waals surface area contributed by atoms with Gasteiger partial charge in [0, 0.05) is 31.6 Å². The van der Waals surface area contributed by atoms with Crippen molar-refractivity contribution in [2.24, 2.45) is 0 Å². The maximum Gasteiger partial charge on any atom is 0.238 e. The van der Waals surface area contributed by atoms with Crippen molar-refractivity contribution < 1.29 is 9.53 Å². The summed E-state index contributed by atoms with van der Waals surface area (Å²) < 4.78 is 7.72. The van der Waals surface area contributed by atoms with E-state index in [9.17, 15) is 4.79 Å². The van der Waals surface area contributed by atoms with E-state index in [1.165, 1.54) is 0 Å². The standard InChI is InChI=1S/C23H34N6O2S/c1-17(2)29-22(25-26-23(29)32-3)18-7-6-10-27(15-18)16-21(30)24-19-8-4-5-9-20(19)28-11-13-31-14-12-28/h4-5,8-9,17-18H,6-7,10-16H2,1-3H3,(H,24,30)/t18-/m0/s1. The van der Waals surface area contributed by atoms with Gasteiger partial charge in [-0.15, -0.1) is 10.2 Å². The number of morpholine rings is 1. The zero-order chi connectivity index (χ0) is 22.5. The molecule has 2 aliphatic heterocycles. The molecule has 0 saturated carbocycles. The summed E-state index contributed by atoms with van der Waals surface area (Å²) in [7, 11) is 0. The van der Waals surface area contributed by atoms with Gasteiger partial charge in [-0.2, -0.15) is 0 Å². The second-order valence-electron chi connectivity index (χ2n) is 8.75. The van der Waals surface area contributed by atoms with Crippen LogP contribution in [0.4, 0.5) is 11.4 Å². The minimum absolute atomic E-state index is 0.0292. The van der Waals surface area contributed by atoms with Crippen LogP contribution in [0.3, 0.4) is 0 Å². The summed E-state index contributed by atoms with van der Waals surface area (Å²) in [6, 6.07) is 8.36. The number of anilines is 2. The summed E-state index contributed by atoms with van der Waals surface area (Å²) in [4.78, 5) is 17.5. The molecule has 32 heavy (non-hydrogen) atoms. The molecule has 1 atom stereocenters. The summed E-state index contributed by atoms with van der Waals surface area (Å²) in [5, 5.41) is 13.0. The fourth-order valence-electron chi connectivity index (χ4n) is 4.65. The van der Waals surface area contributed by atoms with Gasteiger partial charge in [0.05, 0.1) is 31.1 Å². The van der Waals surface area contributed by atoms with Crippen LogP contribution >= 0.6 is 11.8 Å². The quantitative estimate of drug-likeness (QED) is 0.639. The molecule has 1 aromatic heterocycles. The molecule has 2 fully saturated rings. The number of likely N-dealkylation sites (tertiary alicyclic amines) is 1. The Hall–Kier alpha value is -2.10. The summed E-state index contributed by atoms with van der Waals surface area (Å²) >= 11 is 1.63. The molecule has 1 N–H and O–H groups in total. The van der Waals surface area contributed by atoms with Crippen LogP contribution in [0.2, 0.25) is 0 Å². The van der Waals surface area contributed by atoms with Gasteiger partial charge in [0.15, 0.2) is 5.16 Å². The Kier molecular flexibility index (Phi) is 7.70. The van der Waals surface area contributed by atoms with Gasteiger partial charge in [-0.25, -0.2) is 0 Å². The number of nitrogens with zero attached hydrogens (tertiary/aromatic N) is 5. The molecule has 3 heterocycles. The van der Waals surface area contributed by atoms with E-state index in [4.69, 9.17) is 4.74 Å². The van der Waals surface area contributed by atoms with E-state index >= 15 is 0 Å². The average molecular weight is 459 g/mol. The molecule has 2 aromatic rings. The van der Waals surface area contributed by atoms with E-state index in [0.717, 1.165) is 74.6 Å². The van der Waals surface area contributed by atoms with Crippen LogP contribution in [0.5, 0.6) is 0 Å². The highest BCUT2D eigenvalue weighted by atomic mass is 32.2. The van der Waals surface area contributed by atoms with E-state index in [-0.39, 0.29) is 5.91 Å². The first-order valence-corrected chi connectivity index (χ1v) is 12.7.